The van der Waals surface area contributed by atoms with Gasteiger partial charge in [0.1, 0.15) is 5.82 Å². The van der Waals surface area contributed by atoms with E-state index in [1.807, 2.05) is 30.3 Å². The Balaban J connectivity index is 2.12. The number of nitrogens with zero attached hydrogens (tertiary/aromatic N) is 1. The number of rotatable bonds is 7. The van der Waals surface area contributed by atoms with Gasteiger partial charge in [-0.3, -0.25) is 10.7 Å². The summed E-state index contributed by atoms with van der Waals surface area (Å²) < 4.78 is 10.0. The Morgan fingerprint density at radius 1 is 1.30 bits per heavy atom. The lowest BCUT2D eigenvalue weighted by Gasteiger charge is -2.19. The quantitative estimate of drug-likeness (QED) is 0.440. The summed E-state index contributed by atoms with van der Waals surface area (Å²) in [6.45, 7) is 2.21. The van der Waals surface area contributed by atoms with Crippen LogP contribution in [-0.4, -0.2) is 37.7 Å². The highest BCUT2D eigenvalue weighted by Gasteiger charge is 2.17. The summed E-state index contributed by atoms with van der Waals surface area (Å²) in [6, 6.07) is 10.6. The zero-order valence-corrected chi connectivity index (χ0v) is 15.7. The maximum atomic E-state index is 12.4. The van der Waals surface area contributed by atoms with E-state index in [9.17, 15) is 4.79 Å². The lowest BCUT2D eigenvalue weighted by atomic mass is 10.0. The molecule has 2 aromatic rings. The number of aryl methyl sites for hydroxylation is 1. The van der Waals surface area contributed by atoms with E-state index >= 15 is 0 Å². The van der Waals surface area contributed by atoms with E-state index in [2.05, 4.69) is 15.6 Å². The van der Waals surface area contributed by atoms with Crippen LogP contribution in [0.1, 0.15) is 29.3 Å². The molecule has 8 nitrogen and oxygen atoms in total. The SMILES string of the molecule is COCC[C@@H](NC(=O)Nc1cc(N)c(C(=N)OC)c(C)n1)c1ccccc1. The van der Waals surface area contributed by atoms with Crippen LogP contribution in [0.4, 0.5) is 16.3 Å². The molecule has 0 saturated carbocycles. The van der Waals surface area contributed by atoms with Crippen LogP contribution in [0.25, 0.3) is 0 Å². The fraction of sp³-hybridized carbons (Fsp3) is 0.316. The van der Waals surface area contributed by atoms with Crippen LogP contribution in [0.3, 0.4) is 0 Å². The lowest BCUT2D eigenvalue weighted by Crippen LogP contribution is -2.33. The molecule has 0 bridgehead atoms. The van der Waals surface area contributed by atoms with E-state index in [0.717, 1.165) is 5.56 Å². The molecule has 2 rings (SSSR count). The number of methoxy groups -OCH3 is 2. The number of nitrogens with one attached hydrogen (secondary N) is 3. The van der Waals surface area contributed by atoms with Gasteiger partial charge in [-0.1, -0.05) is 30.3 Å². The van der Waals surface area contributed by atoms with Gasteiger partial charge in [0, 0.05) is 25.5 Å². The summed E-state index contributed by atoms with van der Waals surface area (Å²) in [6.07, 6.45) is 0.631. The minimum absolute atomic E-state index is 0.0720. The minimum Gasteiger partial charge on any atom is -0.481 e. The molecule has 1 aromatic heterocycles. The topological polar surface area (TPSA) is 122 Å². The second-order valence-corrected chi connectivity index (χ2v) is 5.93. The zero-order valence-electron chi connectivity index (χ0n) is 15.7. The van der Waals surface area contributed by atoms with Gasteiger partial charge < -0.3 is 20.5 Å². The second kappa shape index (κ2) is 9.54. The fourth-order valence-electron chi connectivity index (χ4n) is 2.71. The summed E-state index contributed by atoms with van der Waals surface area (Å²) in [7, 11) is 3.02. The van der Waals surface area contributed by atoms with E-state index in [-0.39, 0.29) is 11.9 Å². The number of nitrogens with two attached hydrogens (primary N) is 1. The number of amides is 2. The number of hydrogen-bond acceptors (Lipinski definition) is 6. The average molecular weight is 371 g/mol. The fourth-order valence-corrected chi connectivity index (χ4v) is 2.71. The summed E-state index contributed by atoms with van der Waals surface area (Å²) in [5.74, 6) is 0.228. The number of hydrogen-bond donors (Lipinski definition) is 4. The molecule has 1 aromatic carbocycles. The highest BCUT2D eigenvalue weighted by molar-refractivity contribution is 5.99. The number of ether oxygens (including phenoxy) is 2. The van der Waals surface area contributed by atoms with Gasteiger partial charge in [0.25, 0.3) is 0 Å². The van der Waals surface area contributed by atoms with E-state index < -0.39 is 6.03 Å². The molecule has 5 N–H and O–H groups in total. The molecule has 1 heterocycles. The zero-order chi connectivity index (χ0) is 19.8. The number of pyridine rings is 1. The predicted octanol–water partition coefficient (Wildman–Crippen LogP) is 2.84. The van der Waals surface area contributed by atoms with Crippen molar-refractivity contribution in [3.05, 3.63) is 53.2 Å². The number of urea groups is 1. The predicted molar refractivity (Wildman–Crippen MR) is 105 cm³/mol. The first kappa shape index (κ1) is 20.2. The first-order chi connectivity index (χ1) is 13.0. The third-order valence-electron chi connectivity index (χ3n) is 4.02. The normalized spacial score (nSPS) is 11.5. The highest BCUT2D eigenvalue weighted by atomic mass is 16.5. The molecule has 0 spiro atoms. The molecule has 0 aliphatic heterocycles. The van der Waals surface area contributed by atoms with Gasteiger partial charge in [0.05, 0.1) is 24.4 Å². The van der Waals surface area contributed by atoms with Crippen LogP contribution in [0.5, 0.6) is 0 Å². The van der Waals surface area contributed by atoms with Crippen molar-refractivity contribution >= 4 is 23.4 Å². The highest BCUT2D eigenvalue weighted by Crippen LogP contribution is 2.21. The molecular formula is C19H25N5O3. The maximum absolute atomic E-state index is 12.4. The second-order valence-electron chi connectivity index (χ2n) is 5.93. The van der Waals surface area contributed by atoms with Crippen LogP contribution < -0.4 is 16.4 Å². The molecule has 0 radical (unpaired) electrons. The van der Waals surface area contributed by atoms with Crippen molar-refractivity contribution in [1.29, 1.82) is 5.41 Å². The lowest BCUT2D eigenvalue weighted by molar-refractivity contribution is 0.183. The van der Waals surface area contributed by atoms with Crippen LogP contribution in [-0.2, 0) is 9.47 Å². The first-order valence-corrected chi connectivity index (χ1v) is 8.47. The van der Waals surface area contributed by atoms with Crippen molar-refractivity contribution in [2.45, 2.75) is 19.4 Å². The molecule has 27 heavy (non-hydrogen) atoms. The number of carbonyl (C=O) groups is 1. The Labute approximate surface area is 158 Å². The summed E-state index contributed by atoms with van der Waals surface area (Å²) in [5.41, 5.74) is 8.18. The van der Waals surface area contributed by atoms with Gasteiger partial charge in [0.2, 0.25) is 5.90 Å². The molecule has 0 saturated heterocycles. The minimum atomic E-state index is -0.402. The van der Waals surface area contributed by atoms with Crippen molar-refractivity contribution in [3.63, 3.8) is 0 Å². The van der Waals surface area contributed by atoms with Crippen molar-refractivity contribution in [1.82, 2.24) is 10.3 Å². The van der Waals surface area contributed by atoms with E-state index in [0.29, 0.717) is 35.8 Å². The molecule has 1 atom stereocenters. The van der Waals surface area contributed by atoms with E-state index in [1.54, 1.807) is 14.0 Å². The number of carbonyl (C=O) groups excluding carboxylic acids is 1. The molecule has 0 aliphatic carbocycles. The summed E-state index contributed by atoms with van der Waals surface area (Å²) in [5, 5.41) is 13.4. The average Bonchev–Trinajstić information content (AvgIpc) is 2.65. The van der Waals surface area contributed by atoms with Crippen molar-refractivity contribution < 1.29 is 14.3 Å². The molecule has 0 aliphatic rings. The molecule has 0 unspecified atom stereocenters. The van der Waals surface area contributed by atoms with Gasteiger partial charge in [0.15, 0.2) is 0 Å². The summed E-state index contributed by atoms with van der Waals surface area (Å²) >= 11 is 0. The van der Waals surface area contributed by atoms with Gasteiger partial charge in [-0.05, 0) is 18.9 Å². The molecule has 8 heteroatoms. The Kier molecular flexibility index (Phi) is 7.13. The van der Waals surface area contributed by atoms with Crippen LogP contribution in [0, 0.1) is 12.3 Å². The van der Waals surface area contributed by atoms with Gasteiger partial charge in [-0.2, -0.15) is 0 Å². The van der Waals surface area contributed by atoms with E-state index in [4.69, 9.17) is 20.6 Å². The Morgan fingerprint density at radius 3 is 2.59 bits per heavy atom. The largest absolute Gasteiger partial charge is 0.481 e. The first-order valence-electron chi connectivity index (χ1n) is 8.47. The van der Waals surface area contributed by atoms with Crippen LogP contribution in [0.15, 0.2) is 36.4 Å². The number of anilines is 2. The van der Waals surface area contributed by atoms with Crippen molar-refractivity contribution in [3.8, 4) is 0 Å². The molecule has 144 valence electrons. The van der Waals surface area contributed by atoms with Crippen molar-refractivity contribution in [2.75, 3.05) is 31.9 Å². The van der Waals surface area contributed by atoms with E-state index in [1.165, 1.54) is 13.2 Å². The van der Waals surface area contributed by atoms with Gasteiger partial charge >= 0.3 is 6.03 Å². The smallest absolute Gasteiger partial charge is 0.320 e. The number of aromatic nitrogens is 1. The monoisotopic (exact) mass is 371 g/mol. The Morgan fingerprint density at radius 2 is 2.00 bits per heavy atom. The van der Waals surface area contributed by atoms with Crippen LogP contribution in [0.2, 0.25) is 0 Å². The number of benzene rings is 1. The summed E-state index contributed by atoms with van der Waals surface area (Å²) in [4.78, 5) is 16.7. The Bertz CT molecular complexity index is 772. The van der Waals surface area contributed by atoms with Crippen LogP contribution >= 0.6 is 0 Å². The van der Waals surface area contributed by atoms with Gasteiger partial charge in [-0.25, -0.2) is 9.78 Å². The Hall–Kier alpha value is -3.13. The maximum Gasteiger partial charge on any atom is 0.320 e. The molecular weight excluding hydrogens is 346 g/mol. The van der Waals surface area contributed by atoms with Crippen molar-refractivity contribution in [2.24, 2.45) is 0 Å². The number of nitrogen functional groups attached to an aromatic ring is 1. The molecule has 2 amide bonds. The third-order valence-corrected chi connectivity index (χ3v) is 4.02. The van der Waals surface area contributed by atoms with Gasteiger partial charge in [-0.15, -0.1) is 0 Å². The standard InChI is InChI=1S/C19H25N5O3/c1-12-17(18(21)27-3)14(20)11-16(22-12)24-19(25)23-15(9-10-26-2)13-7-5-4-6-8-13/h4-8,11,15,21H,9-10H2,1-3H3,(H4,20,22,23,24,25)/t15-/m1/s1. The third kappa shape index (κ3) is 5.42. The molecule has 0 fully saturated rings.